The molecule has 0 aromatic heterocycles. The van der Waals surface area contributed by atoms with E-state index < -0.39 is 0 Å². The summed E-state index contributed by atoms with van der Waals surface area (Å²) in [5.41, 5.74) is 6.60. The number of nitrogens with zero attached hydrogens (tertiary/aromatic N) is 1. The number of benzene rings is 1. The van der Waals surface area contributed by atoms with Crippen molar-refractivity contribution in [3.63, 3.8) is 0 Å². The second-order valence-corrected chi connectivity index (χ2v) is 4.38. The minimum absolute atomic E-state index is 0.0375. The molecule has 0 saturated carbocycles. The van der Waals surface area contributed by atoms with Crippen LogP contribution in [-0.4, -0.2) is 39.3 Å². The molecule has 1 aliphatic heterocycles. The molecule has 1 aromatic rings. The highest BCUT2D eigenvalue weighted by molar-refractivity contribution is 5.96. The fraction of sp³-hybridized carbons (Fsp3) is 0.462. The minimum atomic E-state index is -0.278. The van der Waals surface area contributed by atoms with Gasteiger partial charge in [0.05, 0.1) is 31.9 Å². The Morgan fingerprint density at radius 1 is 1.44 bits per heavy atom. The standard InChI is InChI=1S/C13H18N2O3/c1-15(11-5-3-4-6-12(11)17-2)13(16)9-7-18-8-10(9)14/h3-6,9-10H,7-8,14H2,1-2H3. The monoisotopic (exact) mass is 250 g/mol. The zero-order chi connectivity index (χ0) is 13.1. The minimum Gasteiger partial charge on any atom is -0.495 e. The average Bonchev–Trinajstić information content (AvgIpc) is 2.83. The van der Waals surface area contributed by atoms with Crippen molar-refractivity contribution in [1.29, 1.82) is 0 Å². The Balaban J connectivity index is 2.20. The lowest BCUT2D eigenvalue weighted by Gasteiger charge is -2.23. The number of ether oxygens (including phenoxy) is 2. The molecule has 0 aliphatic carbocycles. The lowest BCUT2D eigenvalue weighted by molar-refractivity contribution is -0.122. The van der Waals surface area contributed by atoms with E-state index in [-0.39, 0.29) is 17.9 Å². The van der Waals surface area contributed by atoms with Crippen LogP contribution in [-0.2, 0) is 9.53 Å². The maximum Gasteiger partial charge on any atom is 0.233 e. The third-order valence-corrected chi connectivity index (χ3v) is 3.22. The van der Waals surface area contributed by atoms with E-state index in [1.165, 1.54) is 0 Å². The first-order valence-corrected chi connectivity index (χ1v) is 5.89. The molecule has 1 saturated heterocycles. The smallest absolute Gasteiger partial charge is 0.233 e. The van der Waals surface area contributed by atoms with E-state index in [9.17, 15) is 4.79 Å². The summed E-state index contributed by atoms with van der Waals surface area (Å²) in [6, 6.07) is 7.18. The summed E-state index contributed by atoms with van der Waals surface area (Å²) in [7, 11) is 3.31. The van der Waals surface area contributed by atoms with Crippen LogP contribution < -0.4 is 15.4 Å². The third kappa shape index (κ3) is 2.32. The van der Waals surface area contributed by atoms with Gasteiger partial charge in [0.15, 0.2) is 0 Å². The normalized spacial score (nSPS) is 22.8. The Morgan fingerprint density at radius 3 is 2.78 bits per heavy atom. The molecule has 2 N–H and O–H groups in total. The van der Waals surface area contributed by atoms with Crippen molar-refractivity contribution in [2.24, 2.45) is 11.7 Å². The second kappa shape index (κ2) is 5.37. The number of nitrogens with two attached hydrogens (primary N) is 1. The van der Waals surface area contributed by atoms with Gasteiger partial charge < -0.3 is 20.1 Å². The first kappa shape index (κ1) is 12.9. The lowest BCUT2D eigenvalue weighted by atomic mass is 10.0. The number of amides is 1. The van der Waals surface area contributed by atoms with E-state index in [1.807, 2.05) is 24.3 Å². The van der Waals surface area contributed by atoms with Crippen LogP contribution in [0.2, 0.25) is 0 Å². The highest BCUT2D eigenvalue weighted by Crippen LogP contribution is 2.28. The van der Waals surface area contributed by atoms with E-state index in [4.69, 9.17) is 15.2 Å². The van der Waals surface area contributed by atoms with E-state index in [0.717, 1.165) is 5.69 Å². The van der Waals surface area contributed by atoms with Crippen molar-refractivity contribution in [3.05, 3.63) is 24.3 Å². The van der Waals surface area contributed by atoms with Crippen molar-refractivity contribution < 1.29 is 14.3 Å². The van der Waals surface area contributed by atoms with Crippen LogP contribution in [0.25, 0.3) is 0 Å². The summed E-state index contributed by atoms with van der Waals surface area (Å²) in [6.07, 6.45) is 0. The van der Waals surface area contributed by atoms with Crippen LogP contribution in [0, 0.1) is 5.92 Å². The number of methoxy groups -OCH3 is 1. The summed E-state index contributed by atoms with van der Waals surface area (Å²) in [5, 5.41) is 0. The van der Waals surface area contributed by atoms with Crippen molar-refractivity contribution in [3.8, 4) is 5.75 Å². The highest BCUT2D eigenvalue weighted by Gasteiger charge is 2.34. The molecule has 1 aliphatic rings. The third-order valence-electron chi connectivity index (χ3n) is 3.22. The molecule has 0 spiro atoms. The van der Waals surface area contributed by atoms with Crippen molar-refractivity contribution in [2.75, 3.05) is 32.3 Å². The largest absolute Gasteiger partial charge is 0.495 e. The Kier molecular flexibility index (Phi) is 3.84. The van der Waals surface area contributed by atoms with Crippen LogP contribution in [0.4, 0.5) is 5.69 Å². The summed E-state index contributed by atoms with van der Waals surface area (Å²) < 4.78 is 10.5. The van der Waals surface area contributed by atoms with Gasteiger partial charge in [-0.15, -0.1) is 0 Å². The van der Waals surface area contributed by atoms with Gasteiger partial charge in [0.2, 0.25) is 5.91 Å². The van der Waals surface area contributed by atoms with Crippen molar-refractivity contribution in [1.82, 2.24) is 0 Å². The molecule has 1 amide bonds. The van der Waals surface area contributed by atoms with E-state index in [2.05, 4.69) is 0 Å². The van der Waals surface area contributed by atoms with Crippen LogP contribution in [0.5, 0.6) is 5.75 Å². The molecular weight excluding hydrogens is 232 g/mol. The maximum absolute atomic E-state index is 12.3. The Morgan fingerprint density at radius 2 is 2.17 bits per heavy atom. The number of anilines is 1. The van der Waals surface area contributed by atoms with Gasteiger partial charge in [-0.05, 0) is 12.1 Å². The number of carbonyl (C=O) groups excluding carboxylic acids is 1. The Hall–Kier alpha value is -1.59. The predicted molar refractivity (Wildman–Crippen MR) is 68.7 cm³/mol. The number of hydrogen-bond acceptors (Lipinski definition) is 4. The maximum atomic E-state index is 12.3. The predicted octanol–water partition coefficient (Wildman–Crippen LogP) is 0.632. The van der Waals surface area contributed by atoms with Gasteiger partial charge in [0.1, 0.15) is 5.75 Å². The topological polar surface area (TPSA) is 64.8 Å². The zero-order valence-electron chi connectivity index (χ0n) is 10.6. The first-order valence-electron chi connectivity index (χ1n) is 5.89. The Bertz CT molecular complexity index is 436. The zero-order valence-corrected chi connectivity index (χ0v) is 10.6. The molecule has 18 heavy (non-hydrogen) atoms. The molecule has 1 aromatic carbocycles. The fourth-order valence-corrected chi connectivity index (χ4v) is 2.10. The molecular formula is C13H18N2O3. The van der Waals surface area contributed by atoms with Crippen LogP contribution >= 0.6 is 0 Å². The van der Waals surface area contributed by atoms with Gasteiger partial charge in [0.25, 0.3) is 0 Å². The average molecular weight is 250 g/mol. The van der Waals surface area contributed by atoms with Gasteiger partial charge in [-0.3, -0.25) is 4.79 Å². The molecule has 0 bridgehead atoms. The summed E-state index contributed by atoms with van der Waals surface area (Å²) >= 11 is 0. The molecule has 2 rings (SSSR count). The number of rotatable bonds is 3. The molecule has 5 nitrogen and oxygen atoms in total. The fourth-order valence-electron chi connectivity index (χ4n) is 2.10. The lowest BCUT2D eigenvalue weighted by Crippen LogP contribution is -2.42. The van der Waals surface area contributed by atoms with Crippen molar-refractivity contribution in [2.45, 2.75) is 6.04 Å². The van der Waals surface area contributed by atoms with Crippen LogP contribution in [0.15, 0.2) is 24.3 Å². The molecule has 98 valence electrons. The summed E-state index contributed by atoms with van der Waals surface area (Å²) in [4.78, 5) is 13.9. The molecule has 2 unspecified atom stereocenters. The van der Waals surface area contributed by atoms with Gasteiger partial charge >= 0.3 is 0 Å². The first-order chi connectivity index (χ1) is 8.65. The number of para-hydroxylation sites is 2. The molecule has 2 atom stereocenters. The van der Waals surface area contributed by atoms with Gasteiger partial charge in [0, 0.05) is 13.1 Å². The highest BCUT2D eigenvalue weighted by atomic mass is 16.5. The second-order valence-electron chi connectivity index (χ2n) is 4.38. The molecule has 1 heterocycles. The van der Waals surface area contributed by atoms with Crippen molar-refractivity contribution >= 4 is 11.6 Å². The van der Waals surface area contributed by atoms with Gasteiger partial charge in [-0.2, -0.15) is 0 Å². The summed E-state index contributed by atoms with van der Waals surface area (Å²) in [5.74, 6) is 0.352. The number of hydrogen-bond donors (Lipinski definition) is 1. The van der Waals surface area contributed by atoms with Crippen LogP contribution in [0.3, 0.4) is 0 Å². The van der Waals surface area contributed by atoms with Gasteiger partial charge in [-0.25, -0.2) is 0 Å². The Labute approximate surface area is 106 Å². The van der Waals surface area contributed by atoms with E-state index >= 15 is 0 Å². The van der Waals surface area contributed by atoms with E-state index in [1.54, 1.807) is 19.1 Å². The molecule has 5 heteroatoms. The quantitative estimate of drug-likeness (QED) is 0.854. The summed E-state index contributed by atoms with van der Waals surface area (Å²) in [6.45, 7) is 0.829. The SMILES string of the molecule is COc1ccccc1N(C)C(=O)C1COCC1N. The van der Waals surface area contributed by atoms with Gasteiger partial charge in [-0.1, -0.05) is 12.1 Å². The van der Waals surface area contributed by atoms with Crippen LogP contribution in [0.1, 0.15) is 0 Å². The van der Waals surface area contributed by atoms with E-state index in [0.29, 0.717) is 19.0 Å². The molecule has 0 radical (unpaired) electrons. The number of carbonyl (C=O) groups is 1. The molecule has 1 fully saturated rings.